The number of carbonyl (C=O) groups excluding carboxylic acids is 1. The van der Waals surface area contributed by atoms with Crippen molar-refractivity contribution in [2.24, 2.45) is 0 Å². The predicted octanol–water partition coefficient (Wildman–Crippen LogP) is 3.92. The minimum Gasteiger partial charge on any atom is -0.478 e. The van der Waals surface area contributed by atoms with E-state index >= 15 is 0 Å². The van der Waals surface area contributed by atoms with E-state index in [2.05, 4.69) is 0 Å². The largest absolute Gasteiger partial charge is 0.478 e. The molecule has 6 heteroatoms. The van der Waals surface area contributed by atoms with Gasteiger partial charge in [0.1, 0.15) is 11.2 Å². The number of carboxylic acids is 1. The van der Waals surface area contributed by atoms with Crippen LogP contribution >= 0.6 is 11.8 Å². The number of thioether (sulfide) groups is 1. The zero-order valence-corrected chi connectivity index (χ0v) is 14.1. The SMILES string of the molecule is Cc1ccc(F)cc1C1SCC(=O)N1c1c(C)cccc1C(=O)O. The Morgan fingerprint density at radius 2 is 2.00 bits per heavy atom. The lowest BCUT2D eigenvalue weighted by Crippen LogP contribution is -2.30. The number of halogens is 1. The first-order valence-corrected chi connectivity index (χ1v) is 8.47. The zero-order chi connectivity index (χ0) is 17.4. The summed E-state index contributed by atoms with van der Waals surface area (Å²) in [5.74, 6) is -1.41. The molecule has 0 saturated carbocycles. The van der Waals surface area contributed by atoms with E-state index in [1.54, 1.807) is 25.1 Å². The van der Waals surface area contributed by atoms with Crippen molar-refractivity contribution in [2.75, 3.05) is 10.7 Å². The van der Waals surface area contributed by atoms with Gasteiger partial charge in [0.15, 0.2) is 0 Å². The van der Waals surface area contributed by atoms with Gasteiger partial charge in [-0.3, -0.25) is 9.69 Å². The number of hydrogen-bond acceptors (Lipinski definition) is 3. The van der Waals surface area contributed by atoms with Crippen LogP contribution in [0.3, 0.4) is 0 Å². The molecule has 1 N–H and O–H groups in total. The van der Waals surface area contributed by atoms with Crippen LogP contribution in [0, 0.1) is 19.7 Å². The van der Waals surface area contributed by atoms with Crippen LogP contribution in [0.2, 0.25) is 0 Å². The van der Waals surface area contributed by atoms with E-state index in [9.17, 15) is 19.1 Å². The summed E-state index contributed by atoms with van der Waals surface area (Å²) < 4.78 is 13.7. The molecular formula is C18H16FNO3S. The number of nitrogens with zero attached hydrogens (tertiary/aromatic N) is 1. The minimum absolute atomic E-state index is 0.0740. The monoisotopic (exact) mass is 345 g/mol. The lowest BCUT2D eigenvalue weighted by molar-refractivity contribution is -0.115. The van der Waals surface area contributed by atoms with Crippen LogP contribution in [0.15, 0.2) is 36.4 Å². The third kappa shape index (κ3) is 2.78. The molecule has 124 valence electrons. The highest BCUT2D eigenvalue weighted by atomic mass is 32.2. The van der Waals surface area contributed by atoms with E-state index < -0.39 is 11.3 Å². The number of carbonyl (C=O) groups is 2. The molecule has 1 unspecified atom stereocenters. The quantitative estimate of drug-likeness (QED) is 0.916. The lowest BCUT2D eigenvalue weighted by Gasteiger charge is -2.28. The summed E-state index contributed by atoms with van der Waals surface area (Å²) in [6, 6.07) is 9.36. The van der Waals surface area contributed by atoms with Gasteiger partial charge in [-0.15, -0.1) is 11.8 Å². The molecule has 0 bridgehead atoms. The van der Waals surface area contributed by atoms with Crippen molar-refractivity contribution < 1.29 is 19.1 Å². The van der Waals surface area contributed by atoms with Gasteiger partial charge in [0.05, 0.1) is 17.0 Å². The molecule has 0 radical (unpaired) electrons. The number of para-hydroxylation sites is 1. The third-order valence-corrected chi connectivity index (χ3v) is 5.28. The van der Waals surface area contributed by atoms with E-state index in [-0.39, 0.29) is 23.0 Å². The van der Waals surface area contributed by atoms with Crippen molar-refractivity contribution in [1.82, 2.24) is 0 Å². The third-order valence-electron chi connectivity index (χ3n) is 4.08. The number of anilines is 1. The second-order valence-corrected chi connectivity index (χ2v) is 6.77. The summed E-state index contributed by atoms with van der Waals surface area (Å²) in [7, 11) is 0. The Hall–Kier alpha value is -2.34. The van der Waals surface area contributed by atoms with Crippen LogP contribution in [0.25, 0.3) is 0 Å². The van der Waals surface area contributed by atoms with Gasteiger partial charge in [-0.05, 0) is 48.7 Å². The molecule has 0 aliphatic carbocycles. The summed E-state index contributed by atoms with van der Waals surface area (Å²) in [5, 5.41) is 9.05. The molecule has 1 amide bonds. The highest BCUT2D eigenvalue weighted by Gasteiger charge is 2.37. The number of aryl methyl sites for hydroxylation is 2. The fourth-order valence-corrected chi connectivity index (χ4v) is 4.17. The fourth-order valence-electron chi connectivity index (χ4n) is 2.92. The second-order valence-electron chi connectivity index (χ2n) is 5.70. The number of rotatable bonds is 3. The second kappa shape index (κ2) is 6.28. The standard InChI is InChI=1S/C18H16FNO3S/c1-10-6-7-12(19)8-14(10)17-20(15(21)9-24-17)16-11(2)4-3-5-13(16)18(22)23/h3-8,17H,9H2,1-2H3,(H,22,23). The minimum atomic E-state index is -1.09. The smallest absolute Gasteiger partial charge is 0.337 e. The molecule has 3 rings (SSSR count). The number of aromatic carboxylic acids is 1. The van der Waals surface area contributed by atoms with Gasteiger partial charge < -0.3 is 5.11 Å². The van der Waals surface area contributed by atoms with Crippen molar-refractivity contribution in [3.63, 3.8) is 0 Å². The summed E-state index contributed by atoms with van der Waals surface area (Å²) in [5.41, 5.74) is 2.70. The van der Waals surface area contributed by atoms with Gasteiger partial charge in [-0.25, -0.2) is 9.18 Å². The van der Waals surface area contributed by atoms with Gasteiger partial charge in [0.2, 0.25) is 5.91 Å². The first kappa shape index (κ1) is 16.5. The van der Waals surface area contributed by atoms with Crippen LogP contribution in [0.1, 0.15) is 32.4 Å². The molecule has 2 aromatic rings. The maximum Gasteiger partial charge on any atom is 0.337 e. The molecular weight excluding hydrogens is 329 g/mol. The fraction of sp³-hybridized carbons (Fsp3) is 0.222. The van der Waals surface area contributed by atoms with Gasteiger partial charge in [0, 0.05) is 0 Å². The van der Waals surface area contributed by atoms with Crippen LogP contribution < -0.4 is 4.90 Å². The molecule has 1 atom stereocenters. The average Bonchev–Trinajstić information content (AvgIpc) is 2.90. The van der Waals surface area contributed by atoms with Crippen molar-refractivity contribution in [1.29, 1.82) is 0 Å². The van der Waals surface area contributed by atoms with Gasteiger partial charge in [-0.1, -0.05) is 18.2 Å². The topological polar surface area (TPSA) is 57.6 Å². The van der Waals surface area contributed by atoms with E-state index in [1.165, 1.54) is 34.9 Å². The summed E-state index contributed by atoms with van der Waals surface area (Å²) in [6.45, 7) is 3.62. The Bertz CT molecular complexity index is 837. The summed E-state index contributed by atoms with van der Waals surface area (Å²) in [4.78, 5) is 25.6. The number of hydrogen-bond donors (Lipinski definition) is 1. The van der Waals surface area contributed by atoms with Crippen LogP contribution in [0.5, 0.6) is 0 Å². The van der Waals surface area contributed by atoms with E-state index in [0.717, 1.165) is 5.56 Å². The Labute approximate surface area is 143 Å². The predicted molar refractivity (Wildman–Crippen MR) is 92.0 cm³/mol. The molecule has 0 aromatic heterocycles. The molecule has 1 saturated heterocycles. The highest BCUT2D eigenvalue weighted by Crippen LogP contribution is 2.45. The Morgan fingerprint density at radius 1 is 1.25 bits per heavy atom. The Morgan fingerprint density at radius 3 is 2.71 bits per heavy atom. The number of amides is 1. The number of benzene rings is 2. The molecule has 4 nitrogen and oxygen atoms in total. The molecule has 2 aromatic carbocycles. The van der Waals surface area contributed by atoms with Gasteiger partial charge in [-0.2, -0.15) is 0 Å². The van der Waals surface area contributed by atoms with E-state index in [4.69, 9.17) is 0 Å². The molecule has 1 heterocycles. The van der Waals surface area contributed by atoms with Crippen molar-refractivity contribution in [2.45, 2.75) is 19.2 Å². The summed E-state index contributed by atoms with van der Waals surface area (Å²) >= 11 is 1.38. The van der Waals surface area contributed by atoms with E-state index in [0.29, 0.717) is 16.8 Å². The highest BCUT2D eigenvalue weighted by molar-refractivity contribution is 8.00. The first-order valence-electron chi connectivity index (χ1n) is 7.42. The van der Waals surface area contributed by atoms with Crippen LogP contribution in [0.4, 0.5) is 10.1 Å². The van der Waals surface area contributed by atoms with Gasteiger partial charge in [0.25, 0.3) is 0 Å². The van der Waals surface area contributed by atoms with E-state index in [1.807, 2.05) is 6.92 Å². The molecule has 24 heavy (non-hydrogen) atoms. The Balaban J connectivity index is 2.17. The van der Waals surface area contributed by atoms with Crippen LogP contribution in [-0.4, -0.2) is 22.7 Å². The Kier molecular flexibility index (Phi) is 4.32. The van der Waals surface area contributed by atoms with Crippen LogP contribution in [-0.2, 0) is 4.79 Å². The maximum atomic E-state index is 13.7. The van der Waals surface area contributed by atoms with Crippen molar-refractivity contribution >= 4 is 29.3 Å². The van der Waals surface area contributed by atoms with Crippen molar-refractivity contribution in [3.05, 3.63) is 64.5 Å². The average molecular weight is 345 g/mol. The first-order chi connectivity index (χ1) is 11.4. The molecule has 1 fully saturated rings. The normalized spacial score (nSPS) is 17.4. The molecule has 1 aliphatic rings. The number of carboxylic acid groups (broad SMARTS) is 1. The lowest BCUT2D eigenvalue weighted by atomic mass is 10.0. The summed E-state index contributed by atoms with van der Waals surface area (Å²) in [6.07, 6.45) is 0. The van der Waals surface area contributed by atoms with Crippen molar-refractivity contribution in [3.8, 4) is 0 Å². The maximum absolute atomic E-state index is 13.7. The zero-order valence-electron chi connectivity index (χ0n) is 13.2. The molecule has 0 spiro atoms. The molecule has 1 aliphatic heterocycles. The van der Waals surface area contributed by atoms with Gasteiger partial charge >= 0.3 is 5.97 Å².